The smallest absolute Gasteiger partial charge is 0.254 e. The Bertz CT molecular complexity index is 328. The number of hydrogen-bond donors (Lipinski definition) is 2. The lowest BCUT2D eigenvalue weighted by atomic mass is 10.1. The Hall–Kier alpha value is -1.25. The topological polar surface area (TPSA) is 53.1 Å². The zero-order valence-electron chi connectivity index (χ0n) is 7.35. The molecule has 0 aliphatic heterocycles. The molecule has 2 N–H and O–H groups in total. The zero-order valence-corrected chi connectivity index (χ0v) is 7.35. The Morgan fingerprint density at radius 3 is 2.58 bits per heavy atom. The first-order chi connectivity index (χ1) is 5.70. The molecule has 3 nitrogen and oxygen atoms in total. The van der Waals surface area contributed by atoms with E-state index in [0.29, 0.717) is 12.0 Å². The molecule has 1 aromatic heterocycles. The van der Waals surface area contributed by atoms with Crippen molar-refractivity contribution < 1.29 is 5.11 Å². The molecule has 12 heavy (non-hydrogen) atoms. The average molecular weight is 167 g/mol. The van der Waals surface area contributed by atoms with Crippen LogP contribution >= 0.6 is 0 Å². The molecule has 0 aromatic carbocycles. The Morgan fingerprint density at radius 1 is 1.42 bits per heavy atom. The highest BCUT2D eigenvalue weighted by Gasteiger charge is 2.07. The fraction of sp³-hybridized carbons (Fsp3) is 0.444. The number of aromatic amines is 1. The molecule has 3 heteroatoms. The average Bonchev–Trinajstić information content (AvgIpc) is 2.06. The van der Waals surface area contributed by atoms with Gasteiger partial charge in [0.15, 0.2) is 0 Å². The largest absolute Gasteiger partial charge is 0.507 e. The predicted molar refractivity (Wildman–Crippen MR) is 47.5 cm³/mol. The molecular formula is C9H13NO2. The summed E-state index contributed by atoms with van der Waals surface area (Å²) < 4.78 is 0. The lowest BCUT2D eigenvalue weighted by molar-refractivity contribution is 0.460. The van der Waals surface area contributed by atoms with E-state index in [4.69, 9.17) is 0 Å². The highest BCUT2D eigenvalue weighted by atomic mass is 16.3. The lowest BCUT2D eigenvalue weighted by Gasteiger charge is -2.04. The van der Waals surface area contributed by atoms with E-state index in [1.807, 2.05) is 13.8 Å². The molecule has 1 heterocycles. The van der Waals surface area contributed by atoms with E-state index in [0.717, 1.165) is 12.0 Å². The summed E-state index contributed by atoms with van der Waals surface area (Å²) in [7, 11) is 0. The SMILES string of the molecule is CCc1c[nH]c(=O)c(CC)c1O. The van der Waals surface area contributed by atoms with Crippen LogP contribution < -0.4 is 5.56 Å². The number of pyridine rings is 1. The quantitative estimate of drug-likeness (QED) is 0.695. The van der Waals surface area contributed by atoms with E-state index in [1.165, 1.54) is 0 Å². The van der Waals surface area contributed by atoms with Gasteiger partial charge in [0, 0.05) is 11.8 Å². The molecule has 0 amide bonds. The first-order valence-electron chi connectivity index (χ1n) is 4.13. The van der Waals surface area contributed by atoms with E-state index < -0.39 is 0 Å². The minimum Gasteiger partial charge on any atom is -0.507 e. The molecular weight excluding hydrogens is 154 g/mol. The molecule has 0 radical (unpaired) electrons. The number of rotatable bonds is 2. The van der Waals surface area contributed by atoms with Crippen molar-refractivity contribution in [2.75, 3.05) is 0 Å². The molecule has 0 fully saturated rings. The van der Waals surface area contributed by atoms with Crippen LogP contribution in [0.5, 0.6) is 5.75 Å². The predicted octanol–water partition coefficient (Wildman–Crippen LogP) is 1.21. The molecule has 0 unspecified atom stereocenters. The summed E-state index contributed by atoms with van der Waals surface area (Å²) in [6.07, 6.45) is 2.86. The molecule has 66 valence electrons. The first-order valence-corrected chi connectivity index (χ1v) is 4.13. The summed E-state index contributed by atoms with van der Waals surface area (Å²) in [5.74, 6) is 0.156. The van der Waals surface area contributed by atoms with Crippen molar-refractivity contribution in [1.82, 2.24) is 4.98 Å². The minimum absolute atomic E-state index is 0.156. The molecule has 0 atom stereocenters. The molecule has 1 rings (SSSR count). The molecule has 0 spiro atoms. The Labute approximate surface area is 71.1 Å². The molecule has 1 aromatic rings. The summed E-state index contributed by atoms with van der Waals surface area (Å²) in [5.41, 5.74) is 1.09. The first kappa shape index (κ1) is 8.84. The van der Waals surface area contributed by atoms with Gasteiger partial charge < -0.3 is 10.1 Å². The number of hydrogen-bond acceptors (Lipinski definition) is 2. The van der Waals surface area contributed by atoms with Gasteiger partial charge in [0.25, 0.3) is 5.56 Å². The van der Waals surface area contributed by atoms with Crippen molar-refractivity contribution in [2.45, 2.75) is 26.7 Å². The van der Waals surface area contributed by atoms with Crippen molar-refractivity contribution in [3.63, 3.8) is 0 Å². The van der Waals surface area contributed by atoms with Gasteiger partial charge in [0.05, 0.1) is 5.56 Å². The van der Waals surface area contributed by atoms with Gasteiger partial charge in [-0.1, -0.05) is 13.8 Å². The standard InChI is InChI=1S/C9H13NO2/c1-3-6-5-10-9(12)7(4-2)8(6)11/h5H,3-4H2,1-2H3,(H2,10,11,12). The second-order valence-corrected chi connectivity index (χ2v) is 2.68. The van der Waals surface area contributed by atoms with Gasteiger partial charge in [-0.15, -0.1) is 0 Å². The van der Waals surface area contributed by atoms with Gasteiger partial charge in [-0.3, -0.25) is 4.79 Å². The zero-order chi connectivity index (χ0) is 9.14. The van der Waals surface area contributed by atoms with Gasteiger partial charge in [-0.25, -0.2) is 0 Å². The van der Waals surface area contributed by atoms with E-state index in [-0.39, 0.29) is 11.3 Å². The minimum atomic E-state index is -0.188. The summed E-state index contributed by atoms with van der Waals surface area (Å²) in [6.45, 7) is 3.79. The van der Waals surface area contributed by atoms with Crippen LogP contribution in [0.4, 0.5) is 0 Å². The van der Waals surface area contributed by atoms with Crippen LogP contribution in [0.2, 0.25) is 0 Å². The molecule has 0 aliphatic rings. The molecule has 0 saturated carbocycles. The van der Waals surface area contributed by atoms with Crippen molar-refractivity contribution in [2.24, 2.45) is 0 Å². The van der Waals surface area contributed by atoms with Crippen LogP contribution in [0.15, 0.2) is 11.0 Å². The van der Waals surface area contributed by atoms with Crippen molar-refractivity contribution >= 4 is 0 Å². The van der Waals surface area contributed by atoms with Gasteiger partial charge in [0.2, 0.25) is 0 Å². The lowest BCUT2D eigenvalue weighted by Crippen LogP contribution is -2.12. The Balaban J connectivity index is 3.34. The fourth-order valence-corrected chi connectivity index (χ4v) is 1.21. The Morgan fingerprint density at radius 2 is 2.08 bits per heavy atom. The molecule has 0 bridgehead atoms. The molecule has 0 aliphatic carbocycles. The van der Waals surface area contributed by atoms with Crippen LogP contribution in [-0.4, -0.2) is 10.1 Å². The van der Waals surface area contributed by atoms with E-state index in [1.54, 1.807) is 6.20 Å². The van der Waals surface area contributed by atoms with E-state index in [9.17, 15) is 9.90 Å². The number of aromatic hydroxyl groups is 1. The highest BCUT2D eigenvalue weighted by molar-refractivity contribution is 5.37. The fourth-order valence-electron chi connectivity index (χ4n) is 1.21. The van der Waals surface area contributed by atoms with E-state index in [2.05, 4.69) is 4.98 Å². The van der Waals surface area contributed by atoms with Crippen LogP contribution in [0.25, 0.3) is 0 Å². The highest BCUT2D eigenvalue weighted by Crippen LogP contribution is 2.18. The van der Waals surface area contributed by atoms with Crippen molar-refractivity contribution in [1.29, 1.82) is 0 Å². The van der Waals surface area contributed by atoms with Gasteiger partial charge in [-0.2, -0.15) is 0 Å². The maximum Gasteiger partial charge on any atom is 0.254 e. The van der Waals surface area contributed by atoms with Crippen LogP contribution in [0.3, 0.4) is 0 Å². The third kappa shape index (κ3) is 1.35. The third-order valence-corrected chi connectivity index (χ3v) is 1.98. The van der Waals surface area contributed by atoms with Gasteiger partial charge >= 0.3 is 0 Å². The van der Waals surface area contributed by atoms with Crippen molar-refractivity contribution in [3.8, 4) is 5.75 Å². The Kier molecular flexibility index (Phi) is 2.53. The summed E-state index contributed by atoms with van der Waals surface area (Å²) >= 11 is 0. The van der Waals surface area contributed by atoms with Gasteiger partial charge in [0.1, 0.15) is 5.75 Å². The number of nitrogens with one attached hydrogen (secondary N) is 1. The molecule has 0 saturated heterocycles. The van der Waals surface area contributed by atoms with Gasteiger partial charge in [-0.05, 0) is 12.8 Å². The summed E-state index contributed by atoms with van der Waals surface area (Å²) in [5, 5.41) is 9.55. The summed E-state index contributed by atoms with van der Waals surface area (Å²) in [4.78, 5) is 13.7. The summed E-state index contributed by atoms with van der Waals surface area (Å²) in [6, 6.07) is 0. The van der Waals surface area contributed by atoms with Crippen LogP contribution in [-0.2, 0) is 12.8 Å². The second-order valence-electron chi connectivity index (χ2n) is 2.68. The van der Waals surface area contributed by atoms with E-state index >= 15 is 0 Å². The second kappa shape index (κ2) is 3.43. The number of aromatic nitrogens is 1. The maximum atomic E-state index is 11.1. The van der Waals surface area contributed by atoms with Crippen LogP contribution in [0.1, 0.15) is 25.0 Å². The normalized spacial score (nSPS) is 10.2. The third-order valence-electron chi connectivity index (χ3n) is 1.98. The van der Waals surface area contributed by atoms with Crippen molar-refractivity contribution in [3.05, 3.63) is 27.7 Å². The number of H-pyrrole nitrogens is 1. The monoisotopic (exact) mass is 167 g/mol. The number of aryl methyl sites for hydroxylation is 1. The van der Waals surface area contributed by atoms with Crippen LogP contribution in [0, 0.1) is 0 Å². The maximum absolute atomic E-state index is 11.1.